The number of esters is 2. The molecule has 4 atom stereocenters. The van der Waals surface area contributed by atoms with Gasteiger partial charge >= 0.3 is 11.9 Å². The largest absolute Gasteiger partial charge is 0.460 e. The highest BCUT2D eigenvalue weighted by molar-refractivity contribution is 14.1. The van der Waals surface area contributed by atoms with E-state index in [4.69, 9.17) is 18.9 Å². The van der Waals surface area contributed by atoms with E-state index in [-0.39, 0.29) is 50.6 Å². The van der Waals surface area contributed by atoms with Crippen LogP contribution in [-0.4, -0.2) is 77.8 Å². The number of fused-ring (bicyclic) bond motifs is 1. The number of benzene rings is 1. The minimum Gasteiger partial charge on any atom is -0.460 e. The monoisotopic (exact) mass is 798 g/mol. The lowest BCUT2D eigenvalue weighted by molar-refractivity contribution is -0.190. The third-order valence-electron chi connectivity index (χ3n) is 8.45. The Labute approximate surface area is 304 Å². The topological polar surface area (TPSA) is 149 Å². The van der Waals surface area contributed by atoms with E-state index in [0.717, 1.165) is 42.1 Å². The molecule has 1 aromatic carbocycles. The second kappa shape index (κ2) is 19.7. The van der Waals surface area contributed by atoms with Crippen molar-refractivity contribution < 1.29 is 43.2 Å². The first-order valence-corrected chi connectivity index (χ1v) is 18.8. The molecule has 0 saturated carbocycles. The first-order chi connectivity index (χ1) is 23.3. The van der Waals surface area contributed by atoms with E-state index in [2.05, 4.69) is 47.1 Å². The maximum Gasteiger partial charge on any atom is 0.338 e. The van der Waals surface area contributed by atoms with Gasteiger partial charge in [-0.1, -0.05) is 45.6 Å². The summed E-state index contributed by atoms with van der Waals surface area (Å²) in [6, 6.07) is 6.52. The fourth-order valence-electron chi connectivity index (χ4n) is 6.02. The van der Waals surface area contributed by atoms with Gasteiger partial charge in [0.05, 0.1) is 18.2 Å². The van der Waals surface area contributed by atoms with Gasteiger partial charge in [-0.15, -0.1) is 0 Å². The van der Waals surface area contributed by atoms with Gasteiger partial charge in [-0.2, -0.15) is 0 Å². The fourth-order valence-corrected chi connectivity index (χ4v) is 6.56. The van der Waals surface area contributed by atoms with Crippen LogP contribution < -0.4 is 10.6 Å². The zero-order valence-electron chi connectivity index (χ0n) is 29.7. The summed E-state index contributed by atoms with van der Waals surface area (Å²) in [5.41, 5.74) is 0.195. The van der Waals surface area contributed by atoms with Gasteiger partial charge in [-0.05, 0) is 86.9 Å². The molecule has 0 spiro atoms. The van der Waals surface area contributed by atoms with Crippen molar-refractivity contribution in [2.24, 2.45) is 0 Å². The number of nitrogens with one attached hydrogen (secondary N) is 2. The van der Waals surface area contributed by atoms with E-state index < -0.39 is 47.7 Å². The van der Waals surface area contributed by atoms with Crippen LogP contribution in [0.15, 0.2) is 35.9 Å². The number of rotatable bonds is 19. The number of aliphatic hydroxyl groups is 1. The second-order valence-corrected chi connectivity index (χ2v) is 15.2. The van der Waals surface area contributed by atoms with Gasteiger partial charge < -0.3 is 34.7 Å². The van der Waals surface area contributed by atoms with Crippen molar-refractivity contribution in [3.8, 4) is 0 Å². The highest BCUT2D eigenvalue weighted by Crippen LogP contribution is 2.43. The average Bonchev–Trinajstić information content (AvgIpc) is 3.41. The van der Waals surface area contributed by atoms with E-state index in [0.29, 0.717) is 24.0 Å². The SMILES string of the molecule is CCCCCC1(CCCCC)OC2C=C(C(=O)NCCC(=O)NC(CO)CCC(=O)OC(C)(C)C)CC(OC(=O)c3cccc(I)c3)C2O1. The molecule has 1 fully saturated rings. The molecule has 1 heterocycles. The summed E-state index contributed by atoms with van der Waals surface area (Å²) in [4.78, 5) is 51.4. The van der Waals surface area contributed by atoms with Gasteiger partial charge in [0.1, 0.15) is 23.9 Å². The van der Waals surface area contributed by atoms with Crippen molar-refractivity contribution in [3.05, 3.63) is 45.0 Å². The summed E-state index contributed by atoms with van der Waals surface area (Å²) < 4.78 is 25.6. The number of hydrogen-bond donors (Lipinski definition) is 3. The Bertz CT molecular complexity index is 1280. The number of halogens is 1. The Morgan fingerprint density at radius 1 is 1.04 bits per heavy atom. The van der Waals surface area contributed by atoms with Crippen LogP contribution in [0.1, 0.15) is 122 Å². The molecule has 11 nitrogen and oxygen atoms in total. The van der Waals surface area contributed by atoms with Gasteiger partial charge in [-0.3, -0.25) is 14.4 Å². The summed E-state index contributed by atoms with van der Waals surface area (Å²) in [5, 5.41) is 15.2. The molecule has 0 bridgehead atoms. The molecule has 3 N–H and O–H groups in total. The molecule has 12 heteroatoms. The molecule has 4 unspecified atom stereocenters. The summed E-state index contributed by atoms with van der Waals surface area (Å²) in [7, 11) is 0. The van der Waals surface area contributed by atoms with Gasteiger partial charge in [0.15, 0.2) is 5.79 Å². The van der Waals surface area contributed by atoms with E-state index in [1.807, 2.05) is 6.07 Å². The predicted octanol–water partition coefficient (Wildman–Crippen LogP) is 5.89. The average molecular weight is 799 g/mol. The Morgan fingerprint density at radius 3 is 2.35 bits per heavy atom. The molecule has 2 amide bonds. The van der Waals surface area contributed by atoms with Crippen molar-refractivity contribution >= 4 is 46.3 Å². The number of amides is 2. The lowest BCUT2D eigenvalue weighted by Crippen LogP contribution is -2.44. The molecule has 1 saturated heterocycles. The van der Waals surface area contributed by atoms with Gasteiger partial charge in [0.25, 0.3) is 0 Å². The molecule has 1 aliphatic carbocycles. The molecule has 1 aliphatic heterocycles. The third kappa shape index (κ3) is 13.6. The molecular weight excluding hydrogens is 743 g/mol. The van der Waals surface area contributed by atoms with Gasteiger partial charge in [-0.25, -0.2) is 4.79 Å². The van der Waals surface area contributed by atoms with Gasteiger partial charge in [0.2, 0.25) is 11.8 Å². The van der Waals surface area contributed by atoms with Crippen LogP contribution in [-0.2, 0) is 33.3 Å². The summed E-state index contributed by atoms with van der Waals surface area (Å²) in [6.45, 7) is 9.32. The molecule has 0 aromatic heterocycles. The quantitative estimate of drug-likeness (QED) is 0.0885. The summed E-state index contributed by atoms with van der Waals surface area (Å²) in [5.74, 6) is -2.48. The Kier molecular flexibility index (Phi) is 16.5. The van der Waals surface area contributed by atoms with Crippen LogP contribution in [0.4, 0.5) is 0 Å². The van der Waals surface area contributed by atoms with Crippen LogP contribution in [0.3, 0.4) is 0 Å². The van der Waals surface area contributed by atoms with Crippen LogP contribution in [0, 0.1) is 3.57 Å². The lowest BCUT2D eigenvalue weighted by atomic mass is 9.91. The molecule has 49 heavy (non-hydrogen) atoms. The maximum absolute atomic E-state index is 13.4. The minimum atomic E-state index is -0.820. The third-order valence-corrected chi connectivity index (χ3v) is 9.12. The zero-order valence-corrected chi connectivity index (χ0v) is 31.8. The van der Waals surface area contributed by atoms with E-state index in [9.17, 15) is 24.3 Å². The Balaban J connectivity index is 1.67. The Morgan fingerprint density at radius 2 is 1.73 bits per heavy atom. The highest BCUT2D eigenvalue weighted by atomic mass is 127. The van der Waals surface area contributed by atoms with Crippen molar-refractivity contribution in [1.82, 2.24) is 10.6 Å². The van der Waals surface area contributed by atoms with Crippen molar-refractivity contribution in [2.75, 3.05) is 13.2 Å². The molecule has 3 rings (SSSR count). The smallest absolute Gasteiger partial charge is 0.338 e. The van der Waals surface area contributed by atoms with Crippen molar-refractivity contribution in [1.29, 1.82) is 0 Å². The maximum atomic E-state index is 13.4. The molecule has 274 valence electrons. The number of unbranched alkanes of at least 4 members (excludes halogenated alkanes) is 4. The summed E-state index contributed by atoms with van der Waals surface area (Å²) in [6.07, 6.45) is 7.77. The normalized spacial score (nSPS) is 20.5. The molecule has 2 aliphatic rings. The number of carbonyl (C=O) groups excluding carboxylic acids is 4. The second-order valence-electron chi connectivity index (χ2n) is 13.9. The van der Waals surface area contributed by atoms with Crippen LogP contribution in [0.2, 0.25) is 0 Å². The first kappa shape index (κ1) is 40.9. The number of aliphatic hydroxyl groups excluding tert-OH is 1. The van der Waals surface area contributed by atoms with Crippen molar-refractivity contribution in [3.63, 3.8) is 0 Å². The Hall–Kier alpha value is -2.55. The minimum absolute atomic E-state index is 0.0311. The van der Waals surface area contributed by atoms with Crippen molar-refractivity contribution in [2.45, 2.75) is 147 Å². The number of hydrogen-bond acceptors (Lipinski definition) is 9. The standard InChI is InChI=1S/C37H55IN2O9/c1-6-8-10-18-37(19-11-9-7-2)47-30-23-26(22-29(33(30)49-37)46-35(45)25-13-12-14-27(38)21-25)34(44)39-20-17-31(42)40-28(24-41)15-16-32(43)48-36(3,4)5/h12-14,21,23,28-30,33,41H,6-11,15-20,22,24H2,1-5H3,(H,39,44)(H,40,42). The molecule has 0 radical (unpaired) electrons. The number of carbonyl (C=O) groups is 4. The number of ether oxygens (including phenoxy) is 4. The predicted molar refractivity (Wildman–Crippen MR) is 194 cm³/mol. The van der Waals surface area contributed by atoms with Crippen LogP contribution in [0.25, 0.3) is 0 Å². The molecular formula is C37H55IN2O9. The van der Waals surface area contributed by atoms with E-state index in [1.54, 1.807) is 45.0 Å². The highest BCUT2D eigenvalue weighted by Gasteiger charge is 2.52. The van der Waals surface area contributed by atoms with Gasteiger partial charge in [0, 0.05) is 47.8 Å². The zero-order chi connectivity index (χ0) is 36.0. The van der Waals surface area contributed by atoms with Crippen LogP contribution in [0.5, 0.6) is 0 Å². The molecule has 1 aromatic rings. The lowest BCUT2D eigenvalue weighted by Gasteiger charge is -2.31. The first-order valence-electron chi connectivity index (χ1n) is 17.7. The fraction of sp³-hybridized carbons (Fsp3) is 0.676. The van der Waals surface area contributed by atoms with E-state index >= 15 is 0 Å². The van der Waals surface area contributed by atoms with Crippen LogP contribution >= 0.6 is 22.6 Å². The van der Waals surface area contributed by atoms with E-state index in [1.165, 1.54) is 0 Å². The summed E-state index contributed by atoms with van der Waals surface area (Å²) >= 11 is 2.14.